The molecule has 0 aliphatic rings. The maximum Gasteiger partial charge on any atom is 0.131 e. The van der Waals surface area contributed by atoms with E-state index in [1.54, 1.807) is 0 Å². The topological polar surface area (TPSA) is 18.5 Å². The highest BCUT2D eigenvalue weighted by Gasteiger charge is 2.04. The van der Waals surface area contributed by atoms with Crippen LogP contribution in [0.2, 0.25) is 0 Å². The van der Waals surface area contributed by atoms with Gasteiger partial charge in [0.05, 0.1) is 0 Å². The first kappa shape index (κ1) is 15.2. The van der Waals surface area contributed by atoms with Gasteiger partial charge in [0.1, 0.15) is 23.9 Å². The van der Waals surface area contributed by atoms with Crippen LogP contribution < -0.4 is 9.47 Å². The summed E-state index contributed by atoms with van der Waals surface area (Å²) in [7, 11) is 0. The van der Waals surface area contributed by atoms with Crippen LogP contribution in [0.3, 0.4) is 0 Å². The molecule has 0 N–H and O–H groups in total. The minimum atomic E-state index is 0.551. The number of hydrogen-bond donors (Lipinski definition) is 0. The molecule has 0 unspecified atom stereocenters. The number of ether oxygens (including phenoxy) is 2. The minimum Gasteiger partial charge on any atom is -0.488 e. The second-order valence-corrected chi connectivity index (χ2v) is 5.62. The normalized spacial score (nSPS) is 10.3. The third-order valence-corrected chi connectivity index (χ3v) is 3.65. The second kappa shape index (κ2) is 7.01. The average molecular weight is 304 g/mol. The zero-order valence-corrected chi connectivity index (χ0v) is 13.5. The van der Waals surface area contributed by atoms with Crippen LogP contribution in [-0.2, 0) is 6.61 Å². The Hall–Kier alpha value is -2.74. The van der Waals surface area contributed by atoms with Gasteiger partial charge in [0.2, 0.25) is 0 Å². The van der Waals surface area contributed by atoms with Crippen LogP contribution in [0.25, 0.3) is 0 Å². The summed E-state index contributed by atoms with van der Waals surface area (Å²) in [5.74, 6) is 2.45. The van der Waals surface area contributed by atoms with E-state index in [0.717, 1.165) is 28.4 Å². The van der Waals surface area contributed by atoms with Crippen molar-refractivity contribution in [3.63, 3.8) is 0 Å². The van der Waals surface area contributed by atoms with Crippen molar-refractivity contribution >= 4 is 0 Å². The van der Waals surface area contributed by atoms with Crippen LogP contribution in [0.1, 0.15) is 16.7 Å². The van der Waals surface area contributed by atoms with Crippen molar-refractivity contribution in [2.45, 2.75) is 20.5 Å². The molecule has 0 aromatic heterocycles. The van der Waals surface area contributed by atoms with Gasteiger partial charge in [0.25, 0.3) is 0 Å². The molecule has 0 aliphatic carbocycles. The molecule has 0 spiro atoms. The number of benzene rings is 3. The molecule has 0 saturated heterocycles. The highest BCUT2D eigenvalue weighted by atomic mass is 16.5. The molecule has 3 aromatic carbocycles. The molecule has 116 valence electrons. The van der Waals surface area contributed by atoms with Crippen LogP contribution in [-0.4, -0.2) is 0 Å². The lowest BCUT2D eigenvalue weighted by Crippen LogP contribution is -1.97. The molecule has 0 aliphatic heterocycles. The average Bonchev–Trinajstić information content (AvgIpc) is 2.58. The SMILES string of the molecule is Cc1ccc(Oc2ccc(C)c(OCc3ccccc3)c2)cc1. The molecule has 0 atom stereocenters. The van der Waals surface area contributed by atoms with Gasteiger partial charge >= 0.3 is 0 Å². The monoisotopic (exact) mass is 304 g/mol. The van der Waals surface area contributed by atoms with E-state index >= 15 is 0 Å². The van der Waals surface area contributed by atoms with Gasteiger partial charge in [-0.1, -0.05) is 54.1 Å². The first-order valence-corrected chi connectivity index (χ1v) is 7.72. The van der Waals surface area contributed by atoms with E-state index in [9.17, 15) is 0 Å². The third-order valence-electron chi connectivity index (χ3n) is 3.65. The lowest BCUT2D eigenvalue weighted by molar-refractivity contribution is 0.302. The Morgan fingerprint density at radius 2 is 1.43 bits per heavy atom. The maximum absolute atomic E-state index is 5.94. The summed E-state index contributed by atoms with van der Waals surface area (Å²) < 4.78 is 11.8. The molecule has 0 saturated carbocycles. The van der Waals surface area contributed by atoms with Crippen molar-refractivity contribution in [2.75, 3.05) is 0 Å². The Morgan fingerprint density at radius 1 is 0.739 bits per heavy atom. The van der Waals surface area contributed by atoms with Gasteiger partial charge in [-0.2, -0.15) is 0 Å². The van der Waals surface area contributed by atoms with E-state index in [0.29, 0.717) is 6.61 Å². The Morgan fingerprint density at radius 3 is 2.17 bits per heavy atom. The van der Waals surface area contributed by atoms with Crippen molar-refractivity contribution in [2.24, 2.45) is 0 Å². The van der Waals surface area contributed by atoms with Gasteiger partial charge < -0.3 is 9.47 Å². The fourth-order valence-electron chi connectivity index (χ4n) is 2.28. The Labute approximate surface area is 137 Å². The van der Waals surface area contributed by atoms with E-state index in [1.807, 2.05) is 67.6 Å². The molecular weight excluding hydrogens is 284 g/mol. The molecule has 0 fully saturated rings. The van der Waals surface area contributed by atoms with Crippen LogP contribution in [0.4, 0.5) is 0 Å². The zero-order chi connectivity index (χ0) is 16.1. The molecule has 2 nitrogen and oxygen atoms in total. The third kappa shape index (κ3) is 4.13. The molecule has 0 bridgehead atoms. The predicted molar refractivity (Wildman–Crippen MR) is 93.2 cm³/mol. The van der Waals surface area contributed by atoms with Crippen LogP contribution >= 0.6 is 0 Å². The summed E-state index contributed by atoms with van der Waals surface area (Å²) >= 11 is 0. The van der Waals surface area contributed by atoms with Crippen molar-refractivity contribution in [3.8, 4) is 17.2 Å². The zero-order valence-electron chi connectivity index (χ0n) is 13.5. The highest BCUT2D eigenvalue weighted by Crippen LogP contribution is 2.28. The Bertz CT molecular complexity index is 762. The van der Waals surface area contributed by atoms with Crippen molar-refractivity contribution in [3.05, 3.63) is 89.5 Å². The lowest BCUT2D eigenvalue weighted by Gasteiger charge is -2.12. The summed E-state index contributed by atoms with van der Waals surface area (Å²) in [6.45, 7) is 4.65. The number of aryl methyl sites for hydroxylation is 2. The summed E-state index contributed by atoms with van der Waals surface area (Å²) in [6, 6.07) is 24.1. The first-order valence-electron chi connectivity index (χ1n) is 7.72. The van der Waals surface area contributed by atoms with Crippen molar-refractivity contribution < 1.29 is 9.47 Å². The molecule has 0 heterocycles. The smallest absolute Gasteiger partial charge is 0.131 e. The number of rotatable bonds is 5. The predicted octanol–water partition coefficient (Wildman–Crippen LogP) is 5.67. The van der Waals surface area contributed by atoms with Gasteiger partial charge in [0.15, 0.2) is 0 Å². The summed E-state index contributed by atoms with van der Waals surface area (Å²) in [6.07, 6.45) is 0. The number of hydrogen-bond acceptors (Lipinski definition) is 2. The fraction of sp³-hybridized carbons (Fsp3) is 0.143. The minimum absolute atomic E-state index is 0.551. The van der Waals surface area contributed by atoms with Gasteiger partial charge in [-0.05, 0) is 43.2 Å². The Kier molecular flexibility index (Phi) is 4.62. The molecular formula is C21H20O2. The van der Waals surface area contributed by atoms with Gasteiger partial charge in [-0.15, -0.1) is 0 Å². The van der Waals surface area contributed by atoms with Crippen molar-refractivity contribution in [1.82, 2.24) is 0 Å². The molecule has 2 heteroatoms. The van der Waals surface area contributed by atoms with E-state index in [2.05, 4.69) is 19.1 Å². The summed E-state index contributed by atoms with van der Waals surface area (Å²) in [4.78, 5) is 0. The van der Waals surface area contributed by atoms with E-state index in [1.165, 1.54) is 5.56 Å². The van der Waals surface area contributed by atoms with Gasteiger partial charge in [0, 0.05) is 6.07 Å². The maximum atomic E-state index is 5.94. The van der Waals surface area contributed by atoms with Crippen molar-refractivity contribution in [1.29, 1.82) is 0 Å². The molecule has 0 radical (unpaired) electrons. The fourth-order valence-corrected chi connectivity index (χ4v) is 2.28. The highest BCUT2D eigenvalue weighted by molar-refractivity contribution is 5.42. The van der Waals surface area contributed by atoms with Crippen LogP contribution in [0.15, 0.2) is 72.8 Å². The molecule has 23 heavy (non-hydrogen) atoms. The summed E-state index contributed by atoms with van der Waals surface area (Å²) in [5, 5.41) is 0. The molecule has 0 amide bonds. The Balaban J connectivity index is 1.72. The van der Waals surface area contributed by atoms with E-state index in [4.69, 9.17) is 9.47 Å². The van der Waals surface area contributed by atoms with E-state index < -0.39 is 0 Å². The first-order chi connectivity index (χ1) is 11.2. The molecule has 3 rings (SSSR count). The van der Waals surface area contributed by atoms with Gasteiger partial charge in [-0.25, -0.2) is 0 Å². The van der Waals surface area contributed by atoms with E-state index in [-0.39, 0.29) is 0 Å². The lowest BCUT2D eigenvalue weighted by atomic mass is 10.2. The summed E-state index contributed by atoms with van der Waals surface area (Å²) in [5.41, 5.74) is 3.46. The van der Waals surface area contributed by atoms with Gasteiger partial charge in [-0.3, -0.25) is 0 Å². The quantitative estimate of drug-likeness (QED) is 0.604. The molecule has 3 aromatic rings. The second-order valence-electron chi connectivity index (χ2n) is 5.62. The largest absolute Gasteiger partial charge is 0.488 e. The van der Waals surface area contributed by atoms with Crippen LogP contribution in [0, 0.1) is 13.8 Å². The standard InChI is InChI=1S/C21H20O2/c1-16-8-11-19(12-9-16)23-20-13-10-17(2)21(14-20)22-15-18-6-4-3-5-7-18/h3-14H,15H2,1-2H3. The van der Waals surface area contributed by atoms with Crippen LogP contribution in [0.5, 0.6) is 17.2 Å².